The third kappa shape index (κ3) is 5.43. The Morgan fingerprint density at radius 1 is 1.09 bits per heavy atom. The van der Waals surface area contributed by atoms with Crippen molar-refractivity contribution in [3.63, 3.8) is 0 Å². The van der Waals surface area contributed by atoms with Gasteiger partial charge in [-0.15, -0.1) is 0 Å². The van der Waals surface area contributed by atoms with Crippen LogP contribution in [0.1, 0.15) is 65.6 Å². The number of benzene rings is 2. The monoisotopic (exact) mass is 484 g/mol. The molecule has 5 nitrogen and oxygen atoms in total. The van der Waals surface area contributed by atoms with Crippen molar-refractivity contribution in [2.75, 3.05) is 26.2 Å². The second-order valence-corrected chi connectivity index (χ2v) is 9.88. The van der Waals surface area contributed by atoms with Crippen LogP contribution < -0.4 is 5.32 Å². The quantitative estimate of drug-likeness (QED) is 0.431. The summed E-state index contributed by atoms with van der Waals surface area (Å²) < 4.78 is 44.6. The molecule has 1 saturated heterocycles. The third-order valence-electron chi connectivity index (χ3n) is 7.37. The van der Waals surface area contributed by atoms with Crippen LogP contribution in [0.15, 0.2) is 53.1 Å². The van der Waals surface area contributed by atoms with Crippen LogP contribution in [0.25, 0.3) is 0 Å². The lowest BCUT2D eigenvalue weighted by atomic mass is 9.88. The fraction of sp³-hybridized carbons (Fsp3) is 0.481. The third-order valence-corrected chi connectivity index (χ3v) is 7.37. The van der Waals surface area contributed by atoms with Gasteiger partial charge in [0.1, 0.15) is 0 Å². The Morgan fingerprint density at radius 3 is 2.57 bits per heavy atom. The summed E-state index contributed by atoms with van der Waals surface area (Å²) in [4.78, 5) is 7.02. The van der Waals surface area contributed by atoms with E-state index in [1.165, 1.54) is 23.3 Å². The maximum absolute atomic E-state index is 13.0. The highest BCUT2D eigenvalue weighted by atomic mass is 19.4. The standard InChI is InChI=1S/C27H31F3N4O/c1-19-4-2-6-22(16-19)26(10-11-26)25-32-24(35-33-25)18-31-12-15-34-13-8-20(9-14-34)21-5-3-7-23(17-21)27(28,29)30/h2-7,16-17,20,31H,8-15,18H2,1H3. The van der Waals surface area contributed by atoms with Crippen molar-refractivity contribution in [3.05, 3.63) is 82.5 Å². The molecule has 2 aliphatic rings. The zero-order valence-electron chi connectivity index (χ0n) is 19.9. The summed E-state index contributed by atoms with van der Waals surface area (Å²) in [6.07, 6.45) is -0.468. The predicted octanol–water partition coefficient (Wildman–Crippen LogP) is 5.45. The van der Waals surface area contributed by atoms with Gasteiger partial charge in [-0.2, -0.15) is 18.2 Å². The minimum Gasteiger partial charge on any atom is -0.338 e. The van der Waals surface area contributed by atoms with Crippen molar-refractivity contribution in [1.82, 2.24) is 20.4 Å². The Balaban J connectivity index is 1.06. The molecule has 2 heterocycles. The maximum atomic E-state index is 13.0. The highest BCUT2D eigenvalue weighted by molar-refractivity contribution is 5.40. The molecule has 0 spiro atoms. The van der Waals surface area contributed by atoms with Crippen molar-refractivity contribution in [3.8, 4) is 0 Å². The predicted molar refractivity (Wildman–Crippen MR) is 127 cm³/mol. The van der Waals surface area contributed by atoms with E-state index < -0.39 is 11.7 Å². The molecular formula is C27H31F3N4O. The number of halogens is 3. The first-order valence-corrected chi connectivity index (χ1v) is 12.3. The van der Waals surface area contributed by atoms with Gasteiger partial charge < -0.3 is 14.7 Å². The number of nitrogens with zero attached hydrogens (tertiary/aromatic N) is 3. The molecule has 8 heteroatoms. The zero-order valence-corrected chi connectivity index (χ0v) is 19.9. The summed E-state index contributed by atoms with van der Waals surface area (Å²) in [6, 6.07) is 14.3. The highest BCUT2D eigenvalue weighted by Gasteiger charge is 2.50. The Labute approximate surface area is 203 Å². The van der Waals surface area contributed by atoms with Crippen LogP contribution in [0.3, 0.4) is 0 Å². The number of aryl methyl sites for hydroxylation is 1. The maximum Gasteiger partial charge on any atom is 0.416 e. The van der Waals surface area contributed by atoms with Gasteiger partial charge in [0, 0.05) is 13.1 Å². The van der Waals surface area contributed by atoms with Gasteiger partial charge in [-0.3, -0.25) is 0 Å². The summed E-state index contributed by atoms with van der Waals surface area (Å²) in [7, 11) is 0. The molecular weight excluding hydrogens is 453 g/mol. The lowest BCUT2D eigenvalue weighted by Crippen LogP contribution is -2.37. The van der Waals surface area contributed by atoms with Crippen LogP contribution >= 0.6 is 0 Å². The molecule has 0 amide bonds. The van der Waals surface area contributed by atoms with Crippen LogP contribution in [0, 0.1) is 6.92 Å². The first-order chi connectivity index (χ1) is 16.8. The van der Waals surface area contributed by atoms with Crippen LogP contribution in [-0.2, 0) is 18.1 Å². The molecule has 5 rings (SSSR count). The van der Waals surface area contributed by atoms with Gasteiger partial charge in [-0.1, -0.05) is 53.2 Å². The number of hydrogen-bond acceptors (Lipinski definition) is 5. The molecule has 3 aromatic rings. The lowest BCUT2D eigenvalue weighted by Gasteiger charge is -2.32. The average Bonchev–Trinajstić information content (AvgIpc) is 3.53. The van der Waals surface area contributed by atoms with Gasteiger partial charge >= 0.3 is 6.18 Å². The molecule has 1 aromatic heterocycles. The highest BCUT2D eigenvalue weighted by Crippen LogP contribution is 2.52. The number of likely N-dealkylation sites (tertiary alicyclic amines) is 1. The van der Waals surface area contributed by atoms with Gasteiger partial charge in [0.05, 0.1) is 17.5 Å². The summed E-state index contributed by atoms with van der Waals surface area (Å²) in [5, 5.41) is 7.66. The molecule has 35 heavy (non-hydrogen) atoms. The van der Waals surface area contributed by atoms with Gasteiger partial charge in [-0.25, -0.2) is 0 Å². The smallest absolute Gasteiger partial charge is 0.338 e. The molecule has 186 valence electrons. The fourth-order valence-corrected chi connectivity index (χ4v) is 5.12. The van der Waals surface area contributed by atoms with Crippen molar-refractivity contribution >= 4 is 0 Å². The summed E-state index contributed by atoms with van der Waals surface area (Å²) in [5.74, 6) is 1.56. The Bertz CT molecular complexity index is 1150. The summed E-state index contributed by atoms with van der Waals surface area (Å²) in [5.41, 5.74) is 2.63. The minimum atomic E-state index is -4.29. The largest absolute Gasteiger partial charge is 0.416 e. The van der Waals surface area contributed by atoms with Crippen molar-refractivity contribution in [2.45, 2.75) is 56.7 Å². The van der Waals surface area contributed by atoms with E-state index in [0.717, 1.165) is 69.3 Å². The molecule has 1 aliphatic carbocycles. The van der Waals surface area contributed by atoms with Crippen molar-refractivity contribution < 1.29 is 17.7 Å². The number of alkyl halides is 3. The van der Waals surface area contributed by atoms with E-state index in [1.54, 1.807) is 0 Å². The second kappa shape index (κ2) is 9.74. The van der Waals surface area contributed by atoms with Crippen LogP contribution in [0.5, 0.6) is 0 Å². The summed E-state index contributed by atoms with van der Waals surface area (Å²) >= 11 is 0. The molecule has 2 fully saturated rings. The van der Waals surface area contributed by atoms with Gasteiger partial charge in [-0.05, 0) is 68.8 Å². The molecule has 0 radical (unpaired) electrons. The average molecular weight is 485 g/mol. The van der Waals surface area contributed by atoms with Gasteiger partial charge in [0.2, 0.25) is 5.89 Å². The number of rotatable bonds is 8. The van der Waals surface area contributed by atoms with Gasteiger partial charge in [0.25, 0.3) is 0 Å². The number of hydrogen-bond donors (Lipinski definition) is 1. The van der Waals surface area contributed by atoms with Gasteiger partial charge in [0.15, 0.2) is 5.82 Å². The molecule has 0 bridgehead atoms. The molecule has 0 unspecified atom stereocenters. The molecule has 1 aliphatic heterocycles. The van der Waals surface area contributed by atoms with E-state index in [9.17, 15) is 13.2 Å². The van der Waals surface area contributed by atoms with Crippen LogP contribution in [0.2, 0.25) is 0 Å². The van der Waals surface area contributed by atoms with Crippen LogP contribution in [-0.4, -0.2) is 41.2 Å². The summed E-state index contributed by atoms with van der Waals surface area (Å²) in [6.45, 7) is 6.05. The normalized spacial score (nSPS) is 18.6. The number of piperidine rings is 1. The van der Waals surface area contributed by atoms with E-state index in [4.69, 9.17) is 4.52 Å². The van der Waals surface area contributed by atoms with E-state index >= 15 is 0 Å². The van der Waals surface area contributed by atoms with Crippen molar-refractivity contribution in [2.24, 2.45) is 0 Å². The molecule has 0 atom stereocenters. The number of nitrogens with one attached hydrogen (secondary N) is 1. The fourth-order valence-electron chi connectivity index (χ4n) is 5.12. The van der Waals surface area contributed by atoms with Crippen molar-refractivity contribution in [1.29, 1.82) is 0 Å². The topological polar surface area (TPSA) is 54.2 Å². The first kappa shape index (κ1) is 24.0. The first-order valence-electron chi connectivity index (χ1n) is 12.3. The van der Waals surface area contributed by atoms with E-state index in [0.29, 0.717) is 12.4 Å². The molecule has 1 N–H and O–H groups in total. The number of aromatic nitrogens is 2. The SMILES string of the molecule is Cc1cccc(C2(c3noc(CNCCN4CCC(c5cccc(C(F)(F)F)c5)CC4)n3)CC2)c1. The van der Waals surface area contributed by atoms with E-state index in [1.807, 2.05) is 6.07 Å². The second-order valence-electron chi connectivity index (χ2n) is 9.88. The zero-order chi connectivity index (χ0) is 24.5. The van der Waals surface area contributed by atoms with E-state index in [2.05, 4.69) is 51.5 Å². The Hall–Kier alpha value is -2.71. The molecule has 1 saturated carbocycles. The Kier molecular flexibility index (Phi) is 6.68. The lowest BCUT2D eigenvalue weighted by molar-refractivity contribution is -0.137. The Morgan fingerprint density at radius 2 is 1.86 bits per heavy atom. The van der Waals surface area contributed by atoms with Crippen LogP contribution in [0.4, 0.5) is 13.2 Å². The van der Waals surface area contributed by atoms with E-state index in [-0.39, 0.29) is 11.3 Å². The minimum absolute atomic E-state index is 0.0995. The molecule has 2 aromatic carbocycles.